The SMILES string of the molecule is C=CCc1sccc1CC(=O)O.O=C1CC2Cc3sccc3C12. The van der Waals surface area contributed by atoms with E-state index in [-0.39, 0.29) is 6.42 Å². The molecule has 5 heteroatoms. The van der Waals surface area contributed by atoms with Crippen molar-refractivity contribution < 1.29 is 14.7 Å². The molecule has 0 spiro atoms. The number of carboxylic acid groups (broad SMARTS) is 1. The molecule has 2 unspecified atom stereocenters. The van der Waals surface area contributed by atoms with Crippen LogP contribution in [-0.4, -0.2) is 16.9 Å². The van der Waals surface area contributed by atoms with Crippen molar-refractivity contribution in [1.82, 2.24) is 0 Å². The van der Waals surface area contributed by atoms with Gasteiger partial charge in [0.15, 0.2) is 0 Å². The maximum Gasteiger partial charge on any atom is 0.307 e. The minimum absolute atomic E-state index is 0.118. The van der Waals surface area contributed by atoms with E-state index < -0.39 is 5.97 Å². The number of fused-ring (bicyclic) bond motifs is 3. The van der Waals surface area contributed by atoms with Crippen molar-refractivity contribution in [1.29, 1.82) is 0 Å². The third-order valence-electron chi connectivity index (χ3n) is 4.35. The van der Waals surface area contributed by atoms with E-state index >= 15 is 0 Å². The summed E-state index contributed by atoms with van der Waals surface area (Å²) in [4.78, 5) is 24.1. The van der Waals surface area contributed by atoms with Gasteiger partial charge in [0.05, 0.1) is 6.42 Å². The fourth-order valence-electron chi connectivity index (χ4n) is 3.25. The Hall–Kier alpha value is -1.72. The highest BCUT2D eigenvalue weighted by molar-refractivity contribution is 7.10. The molecule has 1 saturated carbocycles. The van der Waals surface area contributed by atoms with Crippen LogP contribution >= 0.6 is 22.7 Å². The van der Waals surface area contributed by atoms with E-state index in [0.717, 1.165) is 23.3 Å². The van der Waals surface area contributed by atoms with Crippen LogP contribution in [0.4, 0.5) is 0 Å². The summed E-state index contributed by atoms with van der Waals surface area (Å²) in [6, 6.07) is 3.99. The molecule has 4 rings (SSSR count). The third kappa shape index (κ3) is 3.31. The average molecular weight is 346 g/mol. The topological polar surface area (TPSA) is 54.4 Å². The Morgan fingerprint density at radius 2 is 2.09 bits per heavy atom. The summed E-state index contributed by atoms with van der Waals surface area (Å²) in [5, 5.41) is 12.6. The molecule has 120 valence electrons. The van der Waals surface area contributed by atoms with E-state index in [1.54, 1.807) is 17.4 Å². The van der Waals surface area contributed by atoms with Gasteiger partial charge in [0, 0.05) is 22.1 Å². The summed E-state index contributed by atoms with van der Waals surface area (Å²) in [6.07, 6.45) is 4.68. The van der Waals surface area contributed by atoms with Crippen LogP contribution in [-0.2, 0) is 28.9 Å². The fraction of sp³-hybridized carbons (Fsp3) is 0.333. The molecule has 0 aromatic carbocycles. The van der Waals surface area contributed by atoms with Crippen molar-refractivity contribution in [3.8, 4) is 0 Å². The number of hydrogen-bond acceptors (Lipinski definition) is 4. The first-order chi connectivity index (χ1) is 11.1. The molecule has 0 saturated heterocycles. The van der Waals surface area contributed by atoms with Gasteiger partial charge in [-0.2, -0.15) is 0 Å². The molecule has 0 aliphatic heterocycles. The van der Waals surface area contributed by atoms with Crippen molar-refractivity contribution in [2.45, 2.75) is 31.6 Å². The molecule has 2 heterocycles. The molecule has 0 bridgehead atoms. The highest BCUT2D eigenvalue weighted by Crippen LogP contribution is 2.50. The van der Waals surface area contributed by atoms with Gasteiger partial charge in [-0.1, -0.05) is 6.08 Å². The lowest BCUT2D eigenvalue weighted by Gasteiger charge is -2.28. The molecule has 1 fully saturated rings. The van der Waals surface area contributed by atoms with Crippen molar-refractivity contribution in [3.05, 3.63) is 56.4 Å². The normalized spacial score (nSPS) is 20.8. The molecule has 0 radical (unpaired) electrons. The summed E-state index contributed by atoms with van der Waals surface area (Å²) in [7, 11) is 0. The second-order valence-corrected chi connectivity index (χ2v) is 7.85. The molecular weight excluding hydrogens is 328 g/mol. The predicted molar refractivity (Wildman–Crippen MR) is 93.4 cm³/mol. The number of carboxylic acids is 1. The number of carbonyl (C=O) groups excluding carboxylic acids is 1. The van der Waals surface area contributed by atoms with Crippen LogP contribution < -0.4 is 0 Å². The Balaban J connectivity index is 0.000000136. The van der Waals surface area contributed by atoms with Gasteiger partial charge >= 0.3 is 5.97 Å². The quantitative estimate of drug-likeness (QED) is 0.849. The summed E-state index contributed by atoms with van der Waals surface area (Å²) in [5.41, 5.74) is 2.25. The summed E-state index contributed by atoms with van der Waals surface area (Å²) in [6.45, 7) is 3.62. The Morgan fingerprint density at radius 1 is 1.30 bits per heavy atom. The second-order valence-electron chi connectivity index (χ2n) is 5.84. The molecular formula is C18H18O3S2. The fourth-order valence-corrected chi connectivity index (χ4v) is 5.17. The highest BCUT2D eigenvalue weighted by Gasteiger charge is 2.46. The third-order valence-corrected chi connectivity index (χ3v) is 6.30. The smallest absolute Gasteiger partial charge is 0.307 e. The van der Waals surface area contributed by atoms with E-state index in [1.807, 2.05) is 22.8 Å². The van der Waals surface area contributed by atoms with Crippen LogP contribution in [0.2, 0.25) is 0 Å². The van der Waals surface area contributed by atoms with Gasteiger partial charge in [0.1, 0.15) is 5.78 Å². The van der Waals surface area contributed by atoms with Gasteiger partial charge in [0.25, 0.3) is 0 Å². The van der Waals surface area contributed by atoms with Crippen LogP contribution in [0.5, 0.6) is 0 Å². The van der Waals surface area contributed by atoms with Gasteiger partial charge < -0.3 is 5.11 Å². The number of rotatable bonds is 4. The summed E-state index contributed by atoms with van der Waals surface area (Å²) in [5.74, 6) is 0.687. The zero-order chi connectivity index (χ0) is 16.4. The number of thiophene rings is 2. The van der Waals surface area contributed by atoms with Crippen molar-refractivity contribution in [2.75, 3.05) is 0 Å². The zero-order valence-corrected chi connectivity index (χ0v) is 14.3. The number of hydrogen-bond donors (Lipinski definition) is 1. The monoisotopic (exact) mass is 346 g/mol. The second kappa shape index (κ2) is 6.81. The number of ketones is 1. The molecule has 2 aliphatic rings. The van der Waals surface area contributed by atoms with Crippen LogP contribution in [0.3, 0.4) is 0 Å². The highest BCUT2D eigenvalue weighted by atomic mass is 32.1. The lowest BCUT2D eigenvalue weighted by atomic mass is 9.73. The number of aliphatic carboxylic acids is 1. The van der Waals surface area contributed by atoms with Crippen LogP contribution in [0.1, 0.15) is 33.2 Å². The van der Waals surface area contributed by atoms with Crippen molar-refractivity contribution in [3.63, 3.8) is 0 Å². The first-order valence-electron chi connectivity index (χ1n) is 7.57. The molecule has 2 atom stereocenters. The number of allylic oxidation sites excluding steroid dienone is 1. The Morgan fingerprint density at radius 3 is 2.78 bits per heavy atom. The Bertz CT molecular complexity index is 741. The van der Waals surface area contributed by atoms with Gasteiger partial charge in [-0.05, 0) is 52.8 Å². The van der Waals surface area contributed by atoms with E-state index in [2.05, 4.69) is 18.0 Å². The van der Waals surface area contributed by atoms with Gasteiger partial charge in [-0.15, -0.1) is 29.3 Å². The minimum Gasteiger partial charge on any atom is -0.481 e. The Kier molecular flexibility index (Phi) is 4.78. The van der Waals surface area contributed by atoms with Gasteiger partial charge in [-0.25, -0.2) is 0 Å². The standard InChI is InChI=1S/C9H10O2S.C9H8OS/c1-2-3-8-7(4-5-12-8)6-9(10)11;10-7-3-5-4-8-6(9(5)7)1-2-11-8/h2,4-5H,1,3,6H2,(H,10,11);1-2,5,9H,3-4H2. The largest absolute Gasteiger partial charge is 0.481 e. The summed E-state index contributed by atoms with van der Waals surface area (Å²) < 4.78 is 0. The van der Waals surface area contributed by atoms with Crippen molar-refractivity contribution >= 4 is 34.4 Å². The number of carbonyl (C=O) groups is 2. The maximum absolute atomic E-state index is 11.2. The Labute approximate surface area is 143 Å². The van der Waals surface area contributed by atoms with E-state index in [4.69, 9.17) is 5.11 Å². The van der Waals surface area contributed by atoms with E-state index in [0.29, 0.717) is 17.6 Å². The van der Waals surface area contributed by atoms with Crippen LogP contribution in [0, 0.1) is 5.92 Å². The molecule has 2 aromatic rings. The summed E-state index contributed by atoms with van der Waals surface area (Å²) >= 11 is 3.39. The molecule has 2 aliphatic carbocycles. The zero-order valence-electron chi connectivity index (χ0n) is 12.7. The van der Waals surface area contributed by atoms with Gasteiger partial charge in [-0.3, -0.25) is 9.59 Å². The van der Waals surface area contributed by atoms with E-state index in [9.17, 15) is 9.59 Å². The first kappa shape index (κ1) is 16.1. The minimum atomic E-state index is -0.779. The lowest BCUT2D eigenvalue weighted by molar-refractivity contribution is -0.136. The lowest BCUT2D eigenvalue weighted by Crippen LogP contribution is -2.31. The van der Waals surface area contributed by atoms with Crippen molar-refractivity contribution in [2.24, 2.45) is 5.92 Å². The van der Waals surface area contributed by atoms with Crippen LogP contribution in [0.15, 0.2) is 35.5 Å². The molecule has 3 nitrogen and oxygen atoms in total. The first-order valence-corrected chi connectivity index (χ1v) is 9.33. The molecule has 2 aromatic heterocycles. The van der Waals surface area contributed by atoms with Gasteiger partial charge in [0.2, 0.25) is 0 Å². The number of Topliss-reactive ketones (excluding diaryl/α,β-unsaturated/α-hetero) is 1. The molecule has 0 amide bonds. The average Bonchev–Trinajstić information content (AvgIpc) is 3.14. The van der Waals surface area contributed by atoms with E-state index in [1.165, 1.54) is 16.9 Å². The van der Waals surface area contributed by atoms with Crippen LogP contribution in [0.25, 0.3) is 0 Å². The molecule has 23 heavy (non-hydrogen) atoms. The predicted octanol–water partition coefficient (Wildman–Crippen LogP) is 4.08. The molecule has 1 N–H and O–H groups in total. The maximum atomic E-state index is 11.2.